The Balaban J connectivity index is 0.00000338. The minimum absolute atomic E-state index is 0. The molecular formula is C12H18Na2O12S. The van der Waals surface area contributed by atoms with Crippen LogP contribution in [0, 0.1) is 0 Å². The van der Waals surface area contributed by atoms with Gasteiger partial charge in [0.1, 0.15) is 24.4 Å². The molecule has 15 heteroatoms. The minimum atomic E-state index is -4.95. The Morgan fingerprint density at radius 3 is 2.37 bits per heavy atom. The van der Waals surface area contributed by atoms with Crippen molar-refractivity contribution in [1.82, 2.24) is 0 Å². The second-order valence-corrected chi connectivity index (χ2v) is 6.79. The van der Waals surface area contributed by atoms with Crippen LogP contribution in [0.5, 0.6) is 0 Å². The molecule has 2 rings (SSSR count). The van der Waals surface area contributed by atoms with Gasteiger partial charge in [-0.25, -0.2) is 8.42 Å². The minimum Gasteiger partial charge on any atom is -0.726 e. The van der Waals surface area contributed by atoms with E-state index in [1.165, 1.54) is 0 Å². The van der Waals surface area contributed by atoms with Crippen molar-refractivity contribution in [1.29, 1.82) is 0 Å². The Morgan fingerprint density at radius 1 is 1.19 bits per heavy atom. The summed E-state index contributed by atoms with van der Waals surface area (Å²) in [5.41, 5.74) is 0. The molecule has 0 spiro atoms. The number of carboxylic acids is 1. The zero-order valence-corrected chi connectivity index (χ0v) is 19.6. The van der Waals surface area contributed by atoms with Crippen molar-refractivity contribution in [2.75, 3.05) is 13.2 Å². The number of ether oxygens (including phenoxy) is 3. The largest absolute Gasteiger partial charge is 1.00 e. The van der Waals surface area contributed by atoms with E-state index in [1.807, 2.05) is 0 Å². The number of carboxylic acid groups (broad SMARTS) is 1. The molecule has 0 saturated carbocycles. The fourth-order valence-electron chi connectivity index (χ4n) is 2.62. The number of carbonyl (C=O) groups excluding carboxylic acids is 1. The number of aliphatic carboxylic acids is 1. The van der Waals surface area contributed by atoms with Crippen molar-refractivity contribution in [3.05, 3.63) is 0 Å². The van der Waals surface area contributed by atoms with E-state index in [1.54, 1.807) is 0 Å². The quantitative estimate of drug-likeness (QED) is 0.204. The molecule has 2 heterocycles. The van der Waals surface area contributed by atoms with Crippen LogP contribution >= 0.6 is 0 Å². The topological polar surface area (TPSA) is 195 Å². The average molecular weight is 432 g/mol. The number of hydrogen-bond donors (Lipinski definition) is 3. The summed E-state index contributed by atoms with van der Waals surface area (Å²) in [5.74, 6) is -1.68. The van der Waals surface area contributed by atoms with Crippen LogP contribution in [-0.2, 0) is 33.6 Å². The molecule has 2 fully saturated rings. The van der Waals surface area contributed by atoms with Crippen molar-refractivity contribution >= 4 is 16.4 Å². The van der Waals surface area contributed by atoms with Crippen LogP contribution in [-0.4, -0.2) is 90.4 Å². The van der Waals surface area contributed by atoms with Crippen molar-refractivity contribution in [2.45, 2.75) is 55.8 Å². The molecule has 7 unspecified atom stereocenters. The third-order valence-corrected chi connectivity index (χ3v) is 4.18. The van der Waals surface area contributed by atoms with E-state index >= 15 is 0 Å². The predicted molar refractivity (Wildman–Crippen MR) is 71.2 cm³/mol. The van der Waals surface area contributed by atoms with Crippen molar-refractivity contribution in [3.8, 4) is 0 Å². The molecule has 0 bridgehead atoms. The van der Waals surface area contributed by atoms with E-state index in [9.17, 15) is 38.2 Å². The molecule has 0 aromatic heterocycles. The van der Waals surface area contributed by atoms with Gasteiger partial charge in [-0.1, -0.05) is 0 Å². The summed E-state index contributed by atoms with van der Waals surface area (Å²) in [4.78, 5) is 11.1. The van der Waals surface area contributed by atoms with Gasteiger partial charge in [0.15, 0.2) is 6.29 Å². The fraction of sp³-hybridized carbons (Fsp3) is 0.917. The molecule has 7 atom stereocenters. The third-order valence-electron chi connectivity index (χ3n) is 3.76. The van der Waals surface area contributed by atoms with Gasteiger partial charge in [0.25, 0.3) is 0 Å². The molecule has 0 amide bonds. The van der Waals surface area contributed by atoms with Crippen LogP contribution in [0.2, 0.25) is 0 Å². The molecule has 12 nitrogen and oxygen atoms in total. The first kappa shape index (κ1) is 28.1. The van der Waals surface area contributed by atoms with E-state index in [-0.39, 0.29) is 72.0 Å². The van der Waals surface area contributed by atoms with Gasteiger partial charge >= 0.3 is 59.1 Å². The molecule has 2 aliphatic heterocycles. The van der Waals surface area contributed by atoms with Gasteiger partial charge < -0.3 is 44.0 Å². The van der Waals surface area contributed by atoms with Crippen LogP contribution in [0.4, 0.5) is 0 Å². The number of hydrogen-bond acceptors (Lipinski definition) is 12. The van der Waals surface area contributed by atoms with Crippen LogP contribution in [0.15, 0.2) is 0 Å². The van der Waals surface area contributed by atoms with Gasteiger partial charge in [-0.05, 0) is 0 Å². The summed E-state index contributed by atoms with van der Waals surface area (Å²) in [6.45, 7) is -1.11. The normalized spacial score (nSPS) is 37.0. The van der Waals surface area contributed by atoms with E-state index in [4.69, 9.17) is 14.2 Å². The fourth-order valence-corrected chi connectivity index (χ4v) is 2.94. The predicted octanol–water partition coefficient (Wildman–Crippen LogP) is -10.4. The summed E-state index contributed by atoms with van der Waals surface area (Å²) < 4.78 is 50.9. The monoisotopic (exact) mass is 432 g/mol. The second kappa shape index (κ2) is 12.1. The second-order valence-electron chi connectivity index (χ2n) is 5.74. The van der Waals surface area contributed by atoms with Crippen LogP contribution < -0.4 is 64.2 Å². The Kier molecular flexibility index (Phi) is 12.6. The van der Waals surface area contributed by atoms with E-state index in [0.717, 1.165) is 0 Å². The Morgan fingerprint density at radius 2 is 1.81 bits per heavy atom. The summed E-state index contributed by atoms with van der Waals surface area (Å²) in [6, 6.07) is 0. The summed E-state index contributed by atoms with van der Waals surface area (Å²) in [5, 5.41) is 40.4. The number of rotatable bonds is 6. The Labute approximate surface area is 199 Å². The molecule has 0 radical (unpaired) electrons. The summed E-state index contributed by atoms with van der Waals surface area (Å²) in [7, 11) is -4.95. The van der Waals surface area contributed by atoms with Crippen LogP contribution in [0.3, 0.4) is 0 Å². The molecule has 0 aliphatic carbocycles. The third kappa shape index (κ3) is 8.78. The molecular weight excluding hydrogens is 414 g/mol. The van der Waals surface area contributed by atoms with Crippen molar-refractivity contribution in [2.24, 2.45) is 0 Å². The number of aliphatic hydroxyl groups is 3. The molecule has 146 valence electrons. The maximum Gasteiger partial charge on any atom is 1.00 e. The standard InChI is InChI=1S/C12H20O12S.2Na/c13-5-1-6(3-22-25(18,19)20)23-8(2-5)24-10-9(15)7(14)4-21-11(10)12(16)17;;/h5-11,13-15H,1-4H2,(H,16,17)(H,18,19,20);;/q;2*+1/p-2. The zero-order valence-electron chi connectivity index (χ0n) is 14.8. The van der Waals surface area contributed by atoms with E-state index in [2.05, 4.69) is 4.18 Å². The van der Waals surface area contributed by atoms with E-state index in [0.29, 0.717) is 0 Å². The zero-order chi connectivity index (χ0) is 18.8. The number of aliphatic hydroxyl groups excluding tert-OH is 3. The molecule has 2 saturated heterocycles. The van der Waals surface area contributed by atoms with Gasteiger partial charge in [0.2, 0.25) is 10.4 Å². The maximum absolute atomic E-state index is 11.1. The Hall–Kier alpha value is 1.10. The van der Waals surface area contributed by atoms with Crippen molar-refractivity contribution < 1.29 is 116 Å². The first-order valence-corrected chi connectivity index (χ1v) is 8.68. The summed E-state index contributed by atoms with van der Waals surface area (Å²) >= 11 is 0. The smallest absolute Gasteiger partial charge is 0.726 e. The van der Waals surface area contributed by atoms with Gasteiger partial charge in [0.05, 0.1) is 31.4 Å². The van der Waals surface area contributed by atoms with E-state index < -0.39 is 72.5 Å². The van der Waals surface area contributed by atoms with Crippen LogP contribution in [0.1, 0.15) is 12.8 Å². The van der Waals surface area contributed by atoms with Gasteiger partial charge in [0, 0.05) is 12.8 Å². The van der Waals surface area contributed by atoms with Gasteiger partial charge in [-0.3, -0.25) is 4.18 Å². The molecule has 27 heavy (non-hydrogen) atoms. The maximum atomic E-state index is 11.1. The molecule has 2 aliphatic rings. The Bertz CT molecular complexity index is 575. The van der Waals surface area contributed by atoms with Gasteiger partial charge in [-0.15, -0.1) is 0 Å². The first-order chi connectivity index (χ1) is 11.6. The van der Waals surface area contributed by atoms with Gasteiger partial charge in [-0.2, -0.15) is 0 Å². The summed E-state index contributed by atoms with van der Waals surface area (Å²) in [6.07, 6.45) is -9.73. The molecule has 0 aromatic carbocycles. The SMILES string of the molecule is O=C([O-])C1OCC(O)C(O)C1OC1CC(O)CC(COS(=O)(=O)[O-])O1.[Na+].[Na+]. The van der Waals surface area contributed by atoms with Crippen molar-refractivity contribution in [3.63, 3.8) is 0 Å². The first-order valence-electron chi connectivity index (χ1n) is 7.34. The molecule has 0 aromatic rings. The average Bonchev–Trinajstić information content (AvgIpc) is 2.48. The van der Waals surface area contributed by atoms with Crippen LogP contribution in [0.25, 0.3) is 0 Å². The molecule has 3 N–H and O–H groups in total. The number of carbonyl (C=O) groups is 1.